The molecule has 0 bridgehead atoms. The Morgan fingerprint density at radius 2 is 1.89 bits per heavy atom. The maximum Gasteiger partial charge on any atom is 0.272 e. The lowest BCUT2D eigenvalue weighted by Gasteiger charge is -2.05. The number of benzene rings is 2. The van der Waals surface area contributed by atoms with Crippen molar-refractivity contribution in [2.45, 2.75) is 11.7 Å². The number of thioether (sulfide) groups is 1. The van der Waals surface area contributed by atoms with E-state index >= 15 is 0 Å². The lowest BCUT2D eigenvalue weighted by Crippen LogP contribution is -2.26. The molecule has 142 valence electrons. The number of hydrogen-bond donors (Lipinski definition) is 1. The van der Waals surface area contributed by atoms with Crippen LogP contribution < -0.4 is 5.32 Å². The number of amidine groups is 1. The van der Waals surface area contributed by atoms with E-state index in [9.17, 15) is 25.0 Å². The van der Waals surface area contributed by atoms with Crippen LogP contribution in [0.5, 0.6) is 0 Å². The predicted molar refractivity (Wildman–Crippen MR) is 104 cm³/mol. The van der Waals surface area contributed by atoms with Gasteiger partial charge in [0.15, 0.2) is 5.17 Å². The van der Waals surface area contributed by atoms with Gasteiger partial charge in [-0.1, -0.05) is 42.1 Å². The summed E-state index contributed by atoms with van der Waals surface area (Å²) in [6, 6.07) is 12.1. The molecule has 10 nitrogen and oxygen atoms in total. The van der Waals surface area contributed by atoms with Crippen LogP contribution in [0.15, 0.2) is 58.7 Å². The Labute approximate surface area is 162 Å². The Kier molecular flexibility index (Phi) is 5.75. The molecule has 1 atom stereocenters. The van der Waals surface area contributed by atoms with Gasteiger partial charge in [-0.05, 0) is 0 Å². The van der Waals surface area contributed by atoms with E-state index in [0.717, 1.165) is 11.8 Å². The molecule has 0 aliphatic carbocycles. The lowest BCUT2D eigenvalue weighted by molar-refractivity contribution is -0.385. The fraction of sp³-hybridized carbons (Fsp3) is 0.118. The van der Waals surface area contributed by atoms with Crippen LogP contribution in [0.25, 0.3) is 0 Å². The maximum absolute atomic E-state index is 12.1. The molecule has 1 heterocycles. The molecule has 1 aliphatic rings. The average Bonchev–Trinajstić information content (AvgIpc) is 3.01. The molecule has 1 unspecified atom stereocenters. The van der Waals surface area contributed by atoms with Gasteiger partial charge in [-0.3, -0.25) is 25.0 Å². The minimum atomic E-state index is -0.562. The number of nitrogens with zero attached hydrogens (tertiary/aromatic N) is 4. The molecular weight excluding hydrogens is 386 g/mol. The third-order valence-electron chi connectivity index (χ3n) is 3.81. The molecule has 0 saturated carbocycles. The molecule has 1 saturated heterocycles. The quantitative estimate of drug-likeness (QED) is 0.450. The molecule has 1 N–H and O–H groups in total. The topological polar surface area (TPSA) is 140 Å². The molecule has 1 fully saturated rings. The zero-order valence-electron chi connectivity index (χ0n) is 14.2. The average molecular weight is 399 g/mol. The maximum atomic E-state index is 12.1. The molecule has 0 aromatic heterocycles. The van der Waals surface area contributed by atoms with Crippen LogP contribution >= 0.6 is 11.8 Å². The number of nitrogens with one attached hydrogen (secondary N) is 1. The first kappa shape index (κ1) is 19.2. The highest BCUT2D eigenvalue weighted by Crippen LogP contribution is 2.27. The summed E-state index contributed by atoms with van der Waals surface area (Å²) in [5, 5.41) is 31.9. The summed E-state index contributed by atoms with van der Waals surface area (Å²) in [6.07, 6.45) is 1.52. The van der Waals surface area contributed by atoms with Gasteiger partial charge in [0.2, 0.25) is 5.91 Å². The Morgan fingerprint density at radius 1 is 1.11 bits per heavy atom. The summed E-state index contributed by atoms with van der Waals surface area (Å²) >= 11 is 1.12. The number of amides is 1. The number of hydrogen-bond acceptors (Lipinski definition) is 8. The van der Waals surface area contributed by atoms with Crippen LogP contribution in [-0.2, 0) is 11.2 Å². The number of carbonyl (C=O) groups is 1. The van der Waals surface area contributed by atoms with Crippen LogP contribution in [0.1, 0.15) is 11.1 Å². The fourth-order valence-electron chi connectivity index (χ4n) is 2.51. The smallest absolute Gasteiger partial charge is 0.272 e. The van der Waals surface area contributed by atoms with Gasteiger partial charge in [0, 0.05) is 35.7 Å². The molecule has 28 heavy (non-hydrogen) atoms. The Bertz CT molecular complexity index is 1010. The van der Waals surface area contributed by atoms with E-state index in [0.29, 0.717) is 11.1 Å². The third-order valence-corrected chi connectivity index (χ3v) is 4.88. The summed E-state index contributed by atoms with van der Waals surface area (Å²) in [5.41, 5.74) is 0.848. The zero-order chi connectivity index (χ0) is 20.1. The Morgan fingerprint density at radius 3 is 2.64 bits per heavy atom. The van der Waals surface area contributed by atoms with Crippen molar-refractivity contribution in [1.82, 2.24) is 5.32 Å². The van der Waals surface area contributed by atoms with Gasteiger partial charge < -0.3 is 5.32 Å². The van der Waals surface area contributed by atoms with Crippen molar-refractivity contribution in [2.24, 2.45) is 10.2 Å². The van der Waals surface area contributed by atoms with Gasteiger partial charge in [0.05, 0.1) is 21.3 Å². The number of carbonyl (C=O) groups excluding carboxylic acids is 1. The second-order valence-electron chi connectivity index (χ2n) is 5.69. The second kappa shape index (κ2) is 8.39. The van der Waals surface area contributed by atoms with Gasteiger partial charge in [0.1, 0.15) is 0 Å². The van der Waals surface area contributed by atoms with Crippen LogP contribution in [0.4, 0.5) is 11.4 Å². The minimum absolute atomic E-state index is 0.0371. The number of rotatable bonds is 6. The SMILES string of the molecule is O=C1N/C(=N/N=C/c2cccc([N+](=O)[O-])c2)SC1Cc1ccccc1[N+](=O)[O-]. The van der Waals surface area contributed by atoms with E-state index in [1.807, 2.05) is 0 Å². The molecule has 2 aromatic rings. The first-order valence-electron chi connectivity index (χ1n) is 7.99. The van der Waals surface area contributed by atoms with Gasteiger partial charge in [-0.25, -0.2) is 0 Å². The minimum Gasteiger partial charge on any atom is -0.303 e. The highest BCUT2D eigenvalue weighted by atomic mass is 32.2. The predicted octanol–water partition coefficient (Wildman–Crippen LogP) is 2.67. The van der Waals surface area contributed by atoms with E-state index < -0.39 is 15.1 Å². The number of nitro benzene ring substituents is 2. The van der Waals surface area contributed by atoms with Crippen LogP contribution in [0.2, 0.25) is 0 Å². The highest BCUT2D eigenvalue weighted by molar-refractivity contribution is 8.15. The first-order chi connectivity index (χ1) is 13.4. The van der Waals surface area contributed by atoms with E-state index in [4.69, 9.17) is 0 Å². The zero-order valence-corrected chi connectivity index (χ0v) is 15.0. The highest BCUT2D eigenvalue weighted by Gasteiger charge is 2.32. The van der Waals surface area contributed by atoms with Gasteiger partial charge in [-0.15, -0.1) is 5.10 Å². The number of nitro groups is 2. The largest absolute Gasteiger partial charge is 0.303 e. The molecule has 2 aromatic carbocycles. The standard InChI is InChI=1S/C17H13N5O5S/c23-16-15(9-12-5-1-2-7-14(12)22(26)27)28-17(19-16)20-18-10-11-4-3-6-13(8-11)21(24)25/h1-8,10,15H,9H2,(H,19,20,23)/b18-10+. The van der Waals surface area contributed by atoms with Crippen molar-refractivity contribution < 1.29 is 14.6 Å². The van der Waals surface area contributed by atoms with Crippen molar-refractivity contribution in [3.8, 4) is 0 Å². The van der Waals surface area contributed by atoms with Crippen LogP contribution in [0, 0.1) is 20.2 Å². The summed E-state index contributed by atoms with van der Waals surface area (Å²) in [4.78, 5) is 33.0. The second-order valence-corrected chi connectivity index (χ2v) is 6.88. The Hall–Kier alpha value is -3.60. The summed E-state index contributed by atoms with van der Waals surface area (Å²) in [5.74, 6) is -0.313. The van der Waals surface area contributed by atoms with Crippen molar-refractivity contribution in [2.75, 3.05) is 0 Å². The van der Waals surface area contributed by atoms with Crippen molar-refractivity contribution in [1.29, 1.82) is 0 Å². The molecule has 11 heteroatoms. The van der Waals surface area contributed by atoms with E-state index in [2.05, 4.69) is 15.5 Å². The van der Waals surface area contributed by atoms with Crippen molar-refractivity contribution in [3.63, 3.8) is 0 Å². The van der Waals surface area contributed by atoms with Gasteiger partial charge in [0.25, 0.3) is 11.4 Å². The Balaban J connectivity index is 1.68. The fourth-order valence-corrected chi connectivity index (χ4v) is 3.47. The normalized spacial score (nSPS) is 17.8. The number of para-hydroxylation sites is 1. The summed E-state index contributed by atoms with van der Waals surface area (Å²) in [7, 11) is 0. The molecule has 0 spiro atoms. The van der Waals surface area contributed by atoms with Gasteiger partial charge in [-0.2, -0.15) is 5.10 Å². The molecular formula is C17H13N5O5S. The number of non-ortho nitro benzene ring substituents is 1. The van der Waals surface area contributed by atoms with Gasteiger partial charge >= 0.3 is 0 Å². The van der Waals surface area contributed by atoms with Crippen LogP contribution in [0.3, 0.4) is 0 Å². The summed E-state index contributed by atoms with van der Waals surface area (Å²) < 4.78 is 0. The first-order valence-corrected chi connectivity index (χ1v) is 8.87. The van der Waals surface area contributed by atoms with E-state index in [1.54, 1.807) is 24.3 Å². The lowest BCUT2D eigenvalue weighted by atomic mass is 10.1. The molecule has 3 rings (SSSR count). The third kappa shape index (κ3) is 4.57. The summed E-state index contributed by atoms with van der Waals surface area (Å²) in [6.45, 7) is 0. The molecule has 0 radical (unpaired) electrons. The van der Waals surface area contributed by atoms with E-state index in [-0.39, 0.29) is 28.9 Å². The molecule has 1 amide bonds. The molecule has 1 aliphatic heterocycles. The van der Waals surface area contributed by atoms with Crippen molar-refractivity contribution >= 4 is 40.4 Å². The van der Waals surface area contributed by atoms with Crippen LogP contribution in [-0.4, -0.2) is 32.4 Å². The van der Waals surface area contributed by atoms with E-state index in [1.165, 1.54) is 30.5 Å². The van der Waals surface area contributed by atoms with Crippen molar-refractivity contribution in [3.05, 3.63) is 79.9 Å². The monoisotopic (exact) mass is 399 g/mol.